The van der Waals surface area contributed by atoms with E-state index in [0.717, 1.165) is 11.1 Å². The maximum Gasteiger partial charge on any atom is 0.269 e. The lowest BCUT2D eigenvalue weighted by molar-refractivity contribution is -0.385. The Labute approximate surface area is 129 Å². The molecule has 0 radical (unpaired) electrons. The lowest BCUT2D eigenvalue weighted by Crippen LogP contribution is -1.86. The number of aryl methyl sites for hydroxylation is 2. The summed E-state index contributed by atoms with van der Waals surface area (Å²) in [5.74, 6) is 0. The Hall–Kier alpha value is -2.41. The summed E-state index contributed by atoms with van der Waals surface area (Å²) >= 11 is 0. The monoisotopic (exact) mass is 308 g/mol. The first kappa shape index (κ1) is 18.6. The average molecular weight is 308 g/mol. The van der Waals surface area contributed by atoms with E-state index < -0.39 is 9.85 Å². The van der Waals surface area contributed by atoms with Crippen molar-refractivity contribution in [2.45, 2.75) is 13.8 Å². The molecule has 0 aliphatic carbocycles. The van der Waals surface area contributed by atoms with Gasteiger partial charge in [-0.15, -0.1) is 0 Å². The molecule has 0 fully saturated rings. The third-order valence-electron chi connectivity index (χ3n) is 2.49. The summed E-state index contributed by atoms with van der Waals surface area (Å²) < 4.78 is 0. The van der Waals surface area contributed by atoms with Crippen LogP contribution < -0.4 is 0 Å². The van der Waals surface area contributed by atoms with Gasteiger partial charge in [-0.25, -0.2) is 0 Å². The van der Waals surface area contributed by atoms with Gasteiger partial charge in [-0.3, -0.25) is 20.2 Å². The summed E-state index contributed by atoms with van der Waals surface area (Å²) in [6.45, 7) is 3.79. The third-order valence-corrected chi connectivity index (χ3v) is 2.49. The minimum atomic E-state index is -0.403. The highest BCUT2D eigenvalue weighted by molar-refractivity contribution is 7.59. The van der Waals surface area contributed by atoms with Gasteiger partial charge >= 0.3 is 0 Å². The van der Waals surface area contributed by atoms with E-state index in [1.807, 2.05) is 13.8 Å². The fourth-order valence-corrected chi connectivity index (χ4v) is 1.33. The van der Waals surface area contributed by atoms with Gasteiger partial charge in [0.15, 0.2) is 0 Å². The second kappa shape index (κ2) is 8.70. The van der Waals surface area contributed by atoms with Crippen LogP contribution in [0.25, 0.3) is 0 Å². The Morgan fingerprint density at radius 2 is 0.905 bits per heavy atom. The first-order valence-electron chi connectivity index (χ1n) is 5.82. The SMILES string of the molecule is Cc1ccc([N+](=O)[O-])cc1.Cc1ccc([N+](=O)[O-])cc1.S. The number of hydrogen-bond acceptors (Lipinski definition) is 4. The molecule has 0 atom stereocenters. The van der Waals surface area contributed by atoms with E-state index in [4.69, 9.17) is 0 Å². The predicted molar refractivity (Wildman–Crippen MR) is 86.0 cm³/mol. The highest BCUT2D eigenvalue weighted by Crippen LogP contribution is 2.11. The molecule has 0 bridgehead atoms. The van der Waals surface area contributed by atoms with Crippen molar-refractivity contribution < 1.29 is 9.85 Å². The van der Waals surface area contributed by atoms with Crippen LogP contribution in [0.1, 0.15) is 11.1 Å². The van der Waals surface area contributed by atoms with Crippen LogP contribution in [-0.4, -0.2) is 9.85 Å². The highest BCUT2D eigenvalue weighted by Gasteiger charge is 2.01. The maximum atomic E-state index is 10.1. The van der Waals surface area contributed by atoms with Gasteiger partial charge in [-0.05, 0) is 13.8 Å². The van der Waals surface area contributed by atoms with E-state index >= 15 is 0 Å². The van der Waals surface area contributed by atoms with Crippen molar-refractivity contribution in [2.75, 3.05) is 0 Å². The molecule has 21 heavy (non-hydrogen) atoms. The second-order valence-electron chi connectivity index (χ2n) is 4.19. The molecule has 0 N–H and O–H groups in total. The molecule has 0 unspecified atom stereocenters. The Morgan fingerprint density at radius 1 is 0.667 bits per heavy atom. The topological polar surface area (TPSA) is 86.3 Å². The number of non-ortho nitro benzene ring substituents is 2. The number of hydrogen-bond donors (Lipinski definition) is 0. The van der Waals surface area contributed by atoms with Crippen molar-refractivity contribution in [1.82, 2.24) is 0 Å². The van der Waals surface area contributed by atoms with Crippen molar-refractivity contribution in [1.29, 1.82) is 0 Å². The summed E-state index contributed by atoms with van der Waals surface area (Å²) in [7, 11) is 0. The number of nitro groups is 2. The van der Waals surface area contributed by atoms with Crippen LogP contribution in [0.3, 0.4) is 0 Å². The lowest BCUT2D eigenvalue weighted by Gasteiger charge is -1.90. The molecule has 0 saturated heterocycles. The van der Waals surface area contributed by atoms with Crippen molar-refractivity contribution in [2.24, 2.45) is 0 Å². The van der Waals surface area contributed by atoms with Gasteiger partial charge in [-0.1, -0.05) is 35.4 Å². The van der Waals surface area contributed by atoms with E-state index in [2.05, 4.69) is 0 Å². The molecule has 2 aromatic carbocycles. The summed E-state index contributed by atoms with van der Waals surface area (Å²) in [6.07, 6.45) is 0. The van der Waals surface area contributed by atoms with Crippen LogP contribution in [0.5, 0.6) is 0 Å². The standard InChI is InChI=1S/2C7H7NO2.H2S/c2*1-6-2-4-7(5-3-6)8(9)10;/h2*2-5H,1H3;1H2. The molecule has 0 amide bonds. The molecule has 0 aliphatic rings. The fourth-order valence-electron chi connectivity index (χ4n) is 1.33. The first-order valence-corrected chi connectivity index (χ1v) is 5.82. The van der Waals surface area contributed by atoms with Crippen molar-refractivity contribution in [3.05, 3.63) is 79.9 Å². The smallest absolute Gasteiger partial charge is 0.258 e. The summed E-state index contributed by atoms with van der Waals surface area (Å²) in [5.41, 5.74) is 2.35. The molecule has 2 aromatic rings. The first-order chi connectivity index (χ1) is 9.40. The van der Waals surface area contributed by atoms with E-state index in [9.17, 15) is 20.2 Å². The van der Waals surface area contributed by atoms with Gasteiger partial charge < -0.3 is 0 Å². The minimum absolute atomic E-state index is 0. The quantitative estimate of drug-likeness (QED) is 0.621. The zero-order chi connectivity index (χ0) is 15.1. The van der Waals surface area contributed by atoms with E-state index in [1.165, 1.54) is 24.3 Å². The molecule has 2 rings (SSSR count). The Bertz CT molecular complexity index is 542. The van der Waals surface area contributed by atoms with Gasteiger partial charge in [0, 0.05) is 24.3 Å². The largest absolute Gasteiger partial charge is 0.269 e. The van der Waals surface area contributed by atoms with Crippen molar-refractivity contribution in [3.63, 3.8) is 0 Å². The predicted octanol–water partition coefficient (Wildman–Crippen LogP) is 3.92. The molecule has 0 aliphatic heterocycles. The molecule has 7 heteroatoms. The second-order valence-corrected chi connectivity index (χ2v) is 4.19. The Balaban J connectivity index is 0.000000364. The Kier molecular flexibility index (Phi) is 7.70. The normalized spacial score (nSPS) is 8.86. The summed E-state index contributed by atoms with van der Waals surface area (Å²) in [6, 6.07) is 12.9. The van der Waals surface area contributed by atoms with Crippen LogP contribution in [0.4, 0.5) is 11.4 Å². The van der Waals surface area contributed by atoms with Gasteiger partial charge in [0.1, 0.15) is 0 Å². The molecule has 0 aromatic heterocycles. The summed E-state index contributed by atoms with van der Waals surface area (Å²) in [4.78, 5) is 19.4. The lowest BCUT2D eigenvalue weighted by atomic mass is 10.2. The average Bonchev–Trinajstić information content (AvgIpc) is 2.40. The van der Waals surface area contributed by atoms with E-state index in [1.54, 1.807) is 24.3 Å². The molecule has 0 spiro atoms. The molecule has 0 saturated carbocycles. The molecular formula is C14H16N2O4S. The van der Waals surface area contributed by atoms with E-state index in [-0.39, 0.29) is 24.9 Å². The van der Waals surface area contributed by atoms with Crippen molar-refractivity contribution >= 4 is 24.9 Å². The molecular weight excluding hydrogens is 292 g/mol. The third kappa shape index (κ3) is 6.53. The van der Waals surface area contributed by atoms with E-state index in [0.29, 0.717) is 0 Å². The van der Waals surface area contributed by atoms with Crippen LogP contribution in [-0.2, 0) is 0 Å². The van der Waals surface area contributed by atoms with Gasteiger partial charge in [0.2, 0.25) is 0 Å². The zero-order valence-corrected chi connectivity index (χ0v) is 12.6. The van der Waals surface area contributed by atoms with Crippen molar-refractivity contribution in [3.8, 4) is 0 Å². The molecule has 6 nitrogen and oxygen atoms in total. The highest BCUT2D eigenvalue weighted by atomic mass is 32.1. The van der Waals surface area contributed by atoms with Gasteiger partial charge in [0.25, 0.3) is 11.4 Å². The number of nitro benzene ring substituents is 2. The zero-order valence-electron chi connectivity index (χ0n) is 11.6. The van der Waals surface area contributed by atoms with Gasteiger partial charge in [0.05, 0.1) is 9.85 Å². The number of rotatable bonds is 2. The fraction of sp³-hybridized carbons (Fsp3) is 0.143. The van der Waals surface area contributed by atoms with Crippen LogP contribution in [0.2, 0.25) is 0 Å². The molecule has 0 heterocycles. The minimum Gasteiger partial charge on any atom is -0.258 e. The Morgan fingerprint density at radius 3 is 1.10 bits per heavy atom. The van der Waals surface area contributed by atoms with Gasteiger partial charge in [-0.2, -0.15) is 13.5 Å². The van der Waals surface area contributed by atoms with Crippen LogP contribution >= 0.6 is 13.5 Å². The maximum absolute atomic E-state index is 10.1. The number of benzene rings is 2. The van der Waals surface area contributed by atoms with Crippen LogP contribution in [0, 0.1) is 34.1 Å². The molecule has 112 valence electrons. The summed E-state index contributed by atoms with van der Waals surface area (Å²) in [5, 5.41) is 20.2. The van der Waals surface area contributed by atoms with Crippen LogP contribution in [0.15, 0.2) is 48.5 Å². The number of nitrogens with zero attached hydrogens (tertiary/aromatic N) is 2.